The van der Waals surface area contributed by atoms with E-state index in [4.69, 9.17) is 23.2 Å². The highest BCUT2D eigenvalue weighted by molar-refractivity contribution is 6.42. The average Bonchev–Trinajstić information content (AvgIpc) is 2.04. The van der Waals surface area contributed by atoms with Crippen LogP contribution in [0.25, 0.3) is 0 Å². The molecule has 0 amide bonds. The average molecular weight is 249 g/mol. The maximum Gasteiger partial charge on any atom is 0.573 e. The molecule has 0 aliphatic carbocycles. The largest absolute Gasteiger partial charge is 0.573 e. The van der Waals surface area contributed by atoms with Crippen LogP contribution in [0.4, 0.5) is 17.6 Å². The predicted molar refractivity (Wildman–Crippen MR) is 43.1 cm³/mol. The molecule has 0 aromatic heterocycles. The van der Waals surface area contributed by atoms with Crippen LogP contribution in [-0.2, 0) is 0 Å². The van der Waals surface area contributed by atoms with E-state index >= 15 is 0 Å². The minimum Gasteiger partial charge on any atom is -0.403 e. The summed E-state index contributed by atoms with van der Waals surface area (Å²) >= 11 is 10.6. The van der Waals surface area contributed by atoms with Gasteiger partial charge in [0.25, 0.3) is 0 Å². The molecule has 0 fully saturated rings. The Morgan fingerprint density at radius 2 is 1.71 bits per heavy atom. The lowest BCUT2D eigenvalue weighted by atomic mass is 10.3. The molecule has 0 aliphatic heterocycles. The molecule has 0 heterocycles. The van der Waals surface area contributed by atoms with Gasteiger partial charge in [0, 0.05) is 0 Å². The van der Waals surface area contributed by atoms with Gasteiger partial charge in [-0.05, 0) is 12.1 Å². The Balaban J connectivity index is 3.06. The summed E-state index contributed by atoms with van der Waals surface area (Å²) in [4.78, 5) is 0. The van der Waals surface area contributed by atoms with Crippen LogP contribution in [0, 0.1) is 5.82 Å². The zero-order valence-corrected chi connectivity index (χ0v) is 7.84. The molecule has 0 unspecified atom stereocenters. The molecule has 0 bridgehead atoms. The molecular formula is C7H2Cl2F4O. The molecule has 1 nitrogen and oxygen atoms in total. The van der Waals surface area contributed by atoms with Crippen molar-refractivity contribution in [3.05, 3.63) is 28.0 Å². The van der Waals surface area contributed by atoms with Crippen LogP contribution in [-0.4, -0.2) is 6.36 Å². The normalized spacial score (nSPS) is 11.6. The summed E-state index contributed by atoms with van der Waals surface area (Å²) < 4.78 is 51.4. The van der Waals surface area contributed by atoms with Gasteiger partial charge >= 0.3 is 6.36 Å². The molecule has 0 aliphatic rings. The van der Waals surface area contributed by atoms with Crippen molar-refractivity contribution in [1.29, 1.82) is 0 Å². The number of alkyl halides is 3. The fourth-order valence-electron chi connectivity index (χ4n) is 0.712. The smallest absolute Gasteiger partial charge is 0.403 e. The van der Waals surface area contributed by atoms with E-state index in [1.54, 1.807) is 0 Å². The fourth-order valence-corrected chi connectivity index (χ4v) is 1.01. The third-order valence-corrected chi connectivity index (χ3v) is 2.01. The molecule has 1 aromatic rings. The van der Waals surface area contributed by atoms with Crippen molar-refractivity contribution < 1.29 is 22.3 Å². The molecule has 0 saturated carbocycles. The van der Waals surface area contributed by atoms with Gasteiger partial charge in [0.2, 0.25) is 0 Å². The maximum absolute atomic E-state index is 13.0. The lowest BCUT2D eigenvalue weighted by Gasteiger charge is -2.10. The second-order valence-electron chi connectivity index (χ2n) is 2.22. The van der Waals surface area contributed by atoms with E-state index in [1.807, 2.05) is 0 Å². The summed E-state index contributed by atoms with van der Waals surface area (Å²) in [6, 6.07) is 1.76. The Kier molecular flexibility index (Phi) is 3.11. The number of hydrogen-bond acceptors (Lipinski definition) is 1. The van der Waals surface area contributed by atoms with Gasteiger partial charge in [0.05, 0.1) is 10.0 Å². The molecule has 0 spiro atoms. The number of ether oxygens (including phenoxy) is 1. The van der Waals surface area contributed by atoms with E-state index in [2.05, 4.69) is 4.74 Å². The molecule has 1 rings (SSSR count). The minimum absolute atomic E-state index is 0.182. The van der Waals surface area contributed by atoms with Crippen LogP contribution >= 0.6 is 23.2 Å². The molecule has 0 atom stereocenters. The predicted octanol–water partition coefficient (Wildman–Crippen LogP) is 4.03. The topological polar surface area (TPSA) is 9.23 Å². The third-order valence-electron chi connectivity index (χ3n) is 1.23. The fraction of sp³-hybridized carbons (Fsp3) is 0.143. The molecule has 7 heteroatoms. The number of halogens is 6. The molecule has 14 heavy (non-hydrogen) atoms. The first-order valence-electron chi connectivity index (χ1n) is 3.20. The lowest BCUT2D eigenvalue weighted by molar-refractivity contribution is -0.275. The summed E-state index contributed by atoms with van der Waals surface area (Å²) in [5.41, 5.74) is 0. The van der Waals surface area contributed by atoms with Gasteiger partial charge in [-0.3, -0.25) is 0 Å². The molecule has 78 valence electrons. The lowest BCUT2D eigenvalue weighted by Crippen LogP contribution is -2.18. The standard InChI is InChI=1S/C7H2Cl2F4O/c8-3-1-2-4(6(10)5(3)9)14-7(11,12)13/h1-2H. The summed E-state index contributed by atoms with van der Waals surface area (Å²) in [7, 11) is 0. The monoisotopic (exact) mass is 248 g/mol. The third kappa shape index (κ3) is 2.65. The SMILES string of the molecule is Fc1c(OC(F)(F)F)ccc(Cl)c1Cl. The number of hydrogen-bond donors (Lipinski definition) is 0. The van der Waals surface area contributed by atoms with Gasteiger partial charge in [-0.15, -0.1) is 13.2 Å². The van der Waals surface area contributed by atoms with Crippen LogP contribution in [0.5, 0.6) is 5.75 Å². The van der Waals surface area contributed by atoms with E-state index in [-0.39, 0.29) is 5.02 Å². The van der Waals surface area contributed by atoms with Gasteiger partial charge in [0.15, 0.2) is 11.6 Å². The van der Waals surface area contributed by atoms with Crippen molar-refractivity contribution in [3.63, 3.8) is 0 Å². The highest BCUT2D eigenvalue weighted by atomic mass is 35.5. The Bertz CT molecular complexity index is 350. The van der Waals surface area contributed by atoms with E-state index in [0.29, 0.717) is 0 Å². The van der Waals surface area contributed by atoms with Crippen LogP contribution in [0.1, 0.15) is 0 Å². The van der Waals surface area contributed by atoms with Gasteiger partial charge in [0.1, 0.15) is 0 Å². The summed E-state index contributed by atoms with van der Waals surface area (Å²) in [6.07, 6.45) is -4.96. The first kappa shape index (κ1) is 11.4. The Morgan fingerprint density at radius 1 is 1.14 bits per heavy atom. The molecule has 0 saturated heterocycles. The quantitative estimate of drug-likeness (QED) is 0.539. The van der Waals surface area contributed by atoms with Crippen molar-refractivity contribution in [1.82, 2.24) is 0 Å². The first-order valence-corrected chi connectivity index (χ1v) is 3.96. The highest BCUT2D eigenvalue weighted by Crippen LogP contribution is 2.33. The Hall–Kier alpha value is -0.680. The number of benzene rings is 1. The summed E-state index contributed by atoms with van der Waals surface area (Å²) in [5, 5.41) is -0.785. The van der Waals surface area contributed by atoms with Crippen molar-refractivity contribution in [2.24, 2.45) is 0 Å². The van der Waals surface area contributed by atoms with Gasteiger partial charge in [-0.25, -0.2) is 4.39 Å². The van der Waals surface area contributed by atoms with Crippen LogP contribution in [0.3, 0.4) is 0 Å². The van der Waals surface area contributed by atoms with Gasteiger partial charge in [-0.2, -0.15) is 0 Å². The van der Waals surface area contributed by atoms with Crippen molar-refractivity contribution >= 4 is 23.2 Å². The van der Waals surface area contributed by atoms with Crippen LogP contribution in [0.2, 0.25) is 10.0 Å². The highest BCUT2D eigenvalue weighted by Gasteiger charge is 2.32. The second kappa shape index (κ2) is 3.82. The van der Waals surface area contributed by atoms with Crippen molar-refractivity contribution in [3.8, 4) is 5.75 Å². The molecule has 1 aromatic carbocycles. The van der Waals surface area contributed by atoms with E-state index in [1.165, 1.54) is 0 Å². The van der Waals surface area contributed by atoms with Crippen molar-refractivity contribution in [2.45, 2.75) is 6.36 Å². The van der Waals surface area contributed by atoms with Crippen molar-refractivity contribution in [2.75, 3.05) is 0 Å². The number of rotatable bonds is 1. The van der Waals surface area contributed by atoms with Crippen LogP contribution < -0.4 is 4.74 Å². The molecule has 0 radical (unpaired) electrons. The molecule has 0 N–H and O–H groups in total. The molecular weight excluding hydrogens is 247 g/mol. The van der Waals surface area contributed by atoms with Gasteiger partial charge in [-0.1, -0.05) is 23.2 Å². The van der Waals surface area contributed by atoms with E-state index in [0.717, 1.165) is 12.1 Å². The zero-order chi connectivity index (χ0) is 10.9. The van der Waals surface area contributed by atoms with E-state index < -0.39 is 23.0 Å². The summed E-state index contributed by atoms with van der Waals surface area (Å²) in [6.45, 7) is 0. The first-order chi connectivity index (χ1) is 6.31. The van der Waals surface area contributed by atoms with Crippen LogP contribution in [0.15, 0.2) is 12.1 Å². The minimum atomic E-state index is -4.96. The summed E-state index contributed by atoms with van der Waals surface area (Å²) in [5.74, 6) is -2.34. The Morgan fingerprint density at radius 3 is 2.21 bits per heavy atom. The second-order valence-corrected chi connectivity index (χ2v) is 3.01. The maximum atomic E-state index is 13.0. The van der Waals surface area contributed by atoms with Gasteiger partial charge < -0.3 is 4.74 Å². The zero-order valence-electron chi connectivity index (χ0n) is 6.33. The Labute approximate surface area is 86.2 Å². The van der Waals surface area contributed by atoms with E-state index in [9.17, 15) is 17.6 Å².